The monoisotopic (exact) mass is 279 g/mol. The maximum Gasteiger partial charge on any atom is 0.00965 e. The highest BCUT2D eigenvalue weighted by molar-refractivity contribution is 7.09. The van der Waals surface area contributed by atoms with Crippen molar-refractivity contribution in [2.24, 2.45) is 5.41 Å². The molecule has 0 spiro atoms. The number of rotatable bonds is 6. The molecule has 1 aliphatic carbocycles. The molecular formula is C17H29NS. The maximum absolute atomic E-state index is 3.67. The SMILES string of the molecule is CC(C)(C)NCCC1(CCc2cccs2)CCCC1. The number of nitrogens with one attached hydrogen (secondary N) is 1. The molecule has 0 amide bonds. The summed E-state index contributed by atoms with van der Waals surface area (Å²) in [7, 11) is 0. The predicted molar refractivity (Wildman–Crippen MR) is 85.9 cm³/mol. The van der Waals surface area contributed by atoms with Gasteiger partial charge in [0.1, 0.15) is 0 Å². The van der Waals surface area contributed by atoms with Gasteiger partial charge in [0.15, 0.2) is 0 Å². The molecule has 108 valence electrons. The Hall–Kier alpha value is -0.340. The minimum atomic E-state index is 0.257. The van der Waals surface area contributed by atoms with Crippen LogP contribution in [-0.2, 0) is 6.42 Å². The Bertz CT molecular complexity index is 355. The summed E-state index contributed by atoms with van der Waals surface area (Å²) < 4.78 is 0. The molecule has 0 aromatic carbocycles. The molecule has 1 aliphatic rings. The summed E-state index contributed by atoms with van der Waals surface area (Å²) in [4.78, 5) is 1.56. The molecule has 1 nitrogen and oxygen atoms in total. The van der Waals surface area contributed by atoms with Gasteiger partial charge in [-0.3, -0.25) is 0 Å². The standard InChI is InChI=1S/C17H29NS/c1-16(2,3)18-13-12-17(9-4-5-10-17)11-8-15-7-6-14-19-15/h6-7,14,18H,4-5,8-13H2,1-3H3. The second-order valence-corrected chi connectivity index (χ2v) is 8.25. The minimum Gasteiger partial charge on any atom is -0.312 e. The van der Waals surface area contributed by atoms with Crippen LogP contribution < -0.4 is 5.32 Å². The Morgan fingerprint density at radius 2 is 1.95 bits per heavy atom. The van der Waals surface area contributed by atoms with Gasteiger partial charge in [-0.1, -0.05) is 18.9 Å². The van der Waals surface area contributed by atoms with E-state index in [1.165, 1.54) is 51.5 Å². The van der Waals surface area contributed by atoms with Crippen molar-refractivity contribution in [1.29, 1.82) is 0 Å². The molecule has 1 N–H and O–H groups in total. The maximum atomic E-state index is 3.67. The lowest BCUT2D eigenvalue weighted by molar-refractivity contribution is 0.235. The molecule has 0 radical (unpaired) electrons. The van der Waals surface area contributed by atoms with Gasteiger partial charge < -0.3 is 5.32 Å². The first-order valence-corrected chi connectivity index (χ1v) is 8.65. The summed E-state index contributed by atoms with van der Waals surface area (Å²) in [5, 5.41) is 5.88. The lowest BCUT2D eigenvalue weighted by atomic mass is 9.78. The Labute approximate surface area is 122 Å². The fraction of sp³-hybridized carbons (Fsp3) is 0.765. The van der Waals surface area contributed by atoms with Crippen LogP contribution in [0.25, 0.3) is 0 Å². The highest BCUT2D eigenvalue weighted by atomic mass is 32.1. The van der Waals surface area contributed by atoms with E-state index in [0.29, 0.717) is 5.41 Å². The van der Waals surface area contributed by atoms with Crippen molar-refractivity contribution in [3.8, 4) is 0 Å². The van der Waals surface area contributed by atoms with Gasteiger partial charge in [-0.05, 0) is 76.3 Å². The number of aryl methyl sites for hydroxylation is 1. The van der Waals surface area contributed by atoms with Crippen molar-refractivity contribution in [2.75, 3.05) is 6.54 Å². The van der Waals surface area contributed by atoms with Gasteiger partial charge in [0, 0.05) is 10.4 Å². The quantitative estimate of drug-likeness (QED) is 0.771. The first-order chi connectivity index (χ1) is 8.99. The van der Waals surface area contributed by atoms with Crippen LogP contribution in [0.3, 0.4) is 0 Å². The molecular weight excluding hydrogens is 250 g/mol. The molecule has 2 heteroatoms. The smallest absolute Gasteiger partial charge is 0.00965 e. The Kier molecular flexibility index (Phi) is 5.08. The summed E-state index contributed by atoms with van der Waals surface area (Å²) in [6.45, 7) is 7.97. The lowest BCUT2D eigenvalue weighted by Crippen LogP contribution is -2.38. The van der Waals surface area contributed by atoms with Gasteiger partial charge in [-0.2, -0.15) is 0 Å². The van der Waals surface area contributed by atoms with Crippen molar-refractivity contribution < 1.29 is 0 Å². The van der Waals surface area contributed by atoms with Crippen LogP contribution in [0.5, 0.6) is 0 Å². The van der Waals surface area contributed by atoms with Crippen molar-refractivity contribution in [3.05, 3.63) is 22.4 Å². The van der Waals surface area contributed by atoms with Crippen LogP contribution >= 0.6 is 11.3 Å². The average molecular weight is 279 g/mol. The highest BCUT2D eigenvalue weighted by Gasteiger charge is 2.33. The molecule has 0 bridgehead atoms. The van der Waals surface area contributed by atoms with Gasteiger partial charge in [0.2, 0.25) is 0 Å². The van der Waals surface area contributed by atoms with E-state index in [1.54, 1.807) is 4.88 Å². The lowest BCUT2D eigenvalue weighted by Gasteiger charge is -2.31. The Morgan fingerprint density at radius 1 is 1.21 bits per heavy atom. The van der Waals surface area contributed by atoms with Crippen molar-refractivity contribution in [2.45, 2.75) is 71.3 Å². The van der Waals surface area contributed by atoms with E-state index in [1.807, 2.05) is 11.3 Å². The normalized spacial score (nSPS) is 18.9. The van der Waals surface area contributed by atoms with E-state index in [2.05, 4.69) is 43.6 Å². The Morgan fingerprint density at radius 3 is 2.53 bits per heavy atom. The summed E-state index contributed by atoms with van der Waals surface area (Å²) in [5.41, 5.74) is 0.885. The third-order valence-corrected chi connectivity index (χ3v) is 5.39. The summed E-state index contributed by atoms with van der Waals surface area (Å²) in [5.74, 6) is 0. The van der Waals surface area contributed by atoms with E-state index in [9.17, 15) is 0 Å². The molecule has 0 atom stereocenters. The molecule has 1 heterocycles. The first-order valence-electron chi connectivity index (χ1n) is 7.77. The van der Waals surface area contributed by atoms with E-state index in [-0.39, 0.29) is 5.54 Å². The number of hydrogen-bond acceptors (Lipinski definition) is 2. The second-order valence-electron chi connectivity index (χ2n) is 7.21. The van der Waals surface area contributed by atoms with E-state index in [0.717, 1.165) is 0 Å². The number of hydrogen-bond donors (Lipinski definition) is 1. The van der Waals surface area contributed by atoms with Gasteiger partial charge in [0.25, 0.3) is 0 Å². The molecule has 19 heavy (non-hydrogen) atoms. The van der Waals surface area contributed by atoms with Gasteiger partial charge in [-0.15, -0.1) is 11.3 Å². The van der Waals surface area contributed by atoms with Crippen LogP contribution in [0.4, 0.5) is 0 Å². The van der Waals surface area contributed by atoms with E-state index in [4.69, 9.17) is 0 Å². The minimum absolute atomic E-state index is 0.257. The second kappa shape index (κ2) is 6.41. The average Bonchev–Trinajstić information content (AvgIpc) is 2.96. The van der Waals surface area contributed by atoms with Crippen LogP contribution in [0.15, 0.2) is 17.5 Å². The molecule has 1 aromatic heterocycles. The van der Waals surface area contributed by atoms with Crippen LogP contribution in [-0.4, -0.2) is 12.1 Å². The van der Waals surface area contributed by atoms with Crippen LogP contribution in [0.1, 0.15) is 64.2 Å². The molecule has 1 fully saturated rings. The van der Waals surface area contributed by atoms with E-state index >= 15 is 0 Å². The zero-order chi connectivity index (χ0) is 13.8. The molecule has 2 rings (SSSR count). The fourth-order valence-electron chi connectivity index (χ4n) is 3.30. The van der Waals surface area contributed by atoms with Gasteiger partial charge in [-0.25, -0.2) is 0 Å². The van der Waals surface area contributed by atoms with Gasteiger partial charge >= 0.3 is 0 Å². The summed E-state index contributed by atoms with van der Waals surface area (Å²) >= 11 is 1.92. The fourth-order valence-corrected chi connectivity index (χ4v) is 4.00. The molecule has 1 saturated carbocycles. The zero-order valence-corrected chi connectivity index (χ0v) is 13.6. The van der Waals surface area contributed by atoms with Crippen molar-refractivity contribution in [1.82, 2.24) is 5.32 Å². The molecule has 1 aromatic rings. The summed E-state index contributed by atoms with van der Waals surface area (Å²) in [6, 6.07) is 4.48. The number of thiophene rings is 1. The third-order valence-electron chi connectivity index (χ3n) is 4.46. The van der Waals surface area contributed by atoms with Crippen molar-refractivity contribution in [3.63, 3.8) is 0 Å². The van der Waals surface area contributed by atoms with Crippen molar-refractivity contribution >= 4 is 11.3 Å². The van der Waals surface area contributed by atoms with E-state index < -0.39 is 0 Å². The molecule has 0 saturated heterocycles. The first kappa shape index (κ1) is 15.1. The Balaban J connectivity index is 1.83. The summed E-state index contributed by atoms with van der Waals surface area (Å²) in [6.07, 6.45) is 9.82. The van der Waals surface area contributed by atoms with Crippen LogP contribution in [0.2, 0.25) is 0 Å². The topological polar surface area (TPSA) is 12.0 Å². The predicted octanol–water partition coefficient (Wildman–Crippen LogP) is 5.02. The molecule has 0 aliphatic heterocycles. The van der Waals surface area contributed by atoms with Gasteiger partial charge in [0.05, 0.1) is 0 Å². The third kappa shape index (κ3) is 4.92. The zero-order valence-electron chi connectivity index (χ0n) is 12.8. The molecule has 0 unspecified atom stereocenters. The van der Waals surface area contributed by atoms with Crippen LogP contribution in [0, 0.1) is 5.41 Å². The largest absolute Gasteiger partial charge is 0.312 e. The highest BCUT2D eigenvalue weighted by Crippen LogP contribution is 2.44.